The van der Waals surface area contributed by atoms with Crippen LogP contribution in [-0.2, 0) is 0 Å². The van der Waals surface area contributed by atoms with Crippen LogP contribution in [0.2, 0.25) is 5.02 Å². The molecule has 1 saturated heterocycles. The Kier molecular flexibility index (Phi) is 6.52. The third kappa shape index (κ3) is 4.98. The smallest absolute Gasteiger partial charge is 0.273 e. The topological polar surface area (TPSA) is 115 Å². The molecule has 10 nitrogen and oxygen atoms in total. The highest BCUT2D eigenvalue weighted by Gasteiger charge is 2.15. The number of hydrogen-bond donors (Lipinski definition) is 2. The maximum Gasteiger partial charge on any atom is 0.273 e. The van der Waals surface area contributed by atoms with Crippen molar-refractivity contribution in [2.24, 2.45) is 0 Å². The summed E-state index contributed by atoms with van der Waals surface area (Å²) in [6.07, 6.45) is 1.39. The number of nitro groups is 1. The zero-order valence-corrected chi connectivity index (χ0v) is 18.0. The third-order valence-electron chi connectivity index (χ3n) is 4.87. The van der Waals surface area contributed by atoms with Gasteiger partial charge in [0.15, 0.2) is 0 Å². The Hall–Kier alpha value is -3.63. The Labute approximate surface area is 189 Å². The van der Waals surface area contributed by atoms with Crippen LogP contribution >= 0.6 is 11.6 Å². The Morgan fingerprint density at radius 1 is 1.22 bits per heavy atom. The number of non-ortho nitro benzene ring substituents is 1. The van der Waals surface area contributed by atoms with Crippen LogP contribution in [-0.4, -0.2) is 48.2 Å². The lowest BCUT2D eigenvalue weighted by Crippen LogP contribution is -2.43. The molecule has 1 fully saturated rings. The summed E-state index contributed by atoms with van der Waals surface area (Å²) in [5.74, 6) is 1.19. The SMILES string of the molecule is COc1cc(N2CCNCC2)ccc1Nc1ncc(Cl)c(Oc2cccc([N+](=O)[O-])c2)n1. The molecule has 1 aliphatic rings. The van der Waals surface area contributed by atoms with Crippen molar-refractivity contribution in [2.75, 3.05) is 43.5 Å². The van der Waals surface area contributed by atoms with E-state index in [1.54, 1.807) is 13.2 Å². The van der Waals surface area contributed by atoms with Crippen molar-refractivity contribution in [2.45, 2.75) is 0 Å². The number of methoxy groups -OCH3 is 1. The molecule has 0 bridgehead atoms. The summed E-state index contributed by atoms with van der Waals surface area (Å²) in [5.41, 5.74) is 1.65. The molecule has 0 radical (unpaired) electrons. The number of nitrogens with one attached hydrogen (secondary N) is 2. The van der Waals surface area contributed by atoms with Crippen molar-refractivity contribution in [1.29, 1.82) is 0 Å². The van der Waals surface area contributed by atoms with Gasteiger partial charge < -0.3 is 25.0 Å². The van der Waals surface area contributed by atoms with Crippen molar-refractivity contribution in [3.05, 3.63) is 63.8 Å². The maximum atomic E-state index is 11.0. The van der Waals surface area contributed by atoms with Crippen molar-refractivity contribution < 1.29 is 14.4 Å². The predicted octanol–water partition coefficient (Wildman–Crippen LogP) is 3.99. The number of nitro benzene ring substituents is 1. The van der Waals surface area contributed by atoms with Gasteiger partial charge >= 0.3 is 0 Å². The van der Waals surface area contributed by atoms with Gasteiger partial charge in [-0.2, -0.15) is 4.98 Å². The molecule has 166 valence electrons. The van der Waals surface area contributed by atoms with Crippen LogP contribution in [0.15, 0.2) is 48.7 Å². The third-order valence-corrected chi connectivity index (χ3v) is 5.13. The molecule has 1 aromatic heterocycles. The van der Waals surface area contributed by atoms with E-state index < -0.39 is 4.92 Å². The van der Waals surface area contributed by atoms with Gasteiger partial charge in [-0.05, 0) is 18.2 Å². The summed E-state index contributed by atoms with van der Waals surface area (Å²) in [7, 11) is 1.60. The van der Waals surface area contributed by atoms with Crippen molar-refractivity contribution in [3.63, 3.8) is 0 Å². The number of nitrogens with zero attached hydrogens (tertiary/aromatic N) is 4. The summed E-state index contributed by atoms with van der Waals surface area (Å²) >= 11 is 6.17. The molecule has 32 heavy (non-hydrogen) atoms. The minimum absolute atomic E-state index is 0.0704. The fraction of sp³-hybridized carbons (Fsp3) is 0.238. The fourth-order valence-corrected chi connectivity index (χ4v) is 3.41. The van der Waals surface area contributed by atoms with E-state index in [0.29, 0.717) is 11.4 Å². The Bertz CT molecular complexity index is 1120. The average molecular weight is 457 g/mol. The molecule has 0 aliphatic carbocycles. The van der Waals surface area contributed by atoms with E-state index in [-0.39, 0.29) is 28.3 Å². The Morgan fingerprint density at radius 3 is 2.78 bits per heavy atom. The van der Waals surface area contributed by atoms with Gasteiger partial charge in [0.2, 0.25) is 11.8 Å². The first-order valence-electron chi connectivity index (χ1n) is 9.89. The zero-order valence-electron chi connectivity index (χ0n) is 17.2. The highest BCUT2D eigenvalue weighted by molar-refractivity contribution is 6.31. The second kappa shape index (κ2) is 9.67. The molecule has 3 aromatic rings. The van der Waals surface area contributed by atoms with E-state index in [2.05, 4.69) is 25.5 Å². The van der Waals surface area contributed by atoms with Crippen molar-refractivity contribution >= 4 is 34.6 Å². The second-order valence-electron chi connectivity index (χ2n) is 6.95. The first-order chi connectivity index (χ1) is 15.5. The maximum absolute atomic E-state index is 11.0. The number of aromatic nitrogens is 2. The summed E-state index contributed by atoms with van der Waals surface area (Å²) < 4.78 is 11.2. The second-order valence-corrected chi connectivity index (χ2v) is 7.36. The van der Waals surface area contributed by atoms with Crippen LogP contribution in [0.1, 0.15) is 0 Å². The number of anilines is 3. The number of halogens is 1. The highest BCUT2D eigenvalue weighted by Crippen LogP contribution is 2.33. The number of ether oxygens (including phenoxy) is 2. The number of benzene rings is 2. The first kappa shape index (κ1) is 21.6. The van der Waals surface area contributed by atoms with Crippen LogP contribution in [0.25, 0.3) is 0 Å². The largest absolute Gasteiger partial charge is 0.494 e. The average Bonchev–Trinajstić information content (AvgIpc) is 2.82. The lowest BCUT2D eigenvalue weighted by molar-refractivity contribution is -0.384. The summed E-state index contributed by atoms with van der Waals surface area (Å²) in [4.78, 5) is 21.3. The first-order valence-corrected chi connectivity index (χ1v) is 10.3. The van der Waals surface area contributed by atoms with Gasteiger partial charge in [-0.25, -0.2) is 4.98 Å². The molecule has 0 saturated carbocycles. The molecular weight excluding hydrogens is 436 g/mol. The van der Waals surface area contributed by atoms with Gasteiger partial charge in [0.05, 0.1) is 30.0 Å². The molecule has 0 amide bonds. The molecule has 4 rings (SSSR count). The lowest BCUT2D eigenvalue weighted by Gasteiger charge is -2.30. The number of hydrogen-bond acceptors (Lipinski definition) is 9. The Morgan fingerprint density at radius 2 is 2.03 bits per heavy atom. The predicted molar refractivity (Wildman–Crippen MR) is 122 cm³/mol. The minimum Gasteiger partial charge on any atom is -0.494 e. The summed E-state index contributed by atoms with van der Waals surface area (Å²) in [6, 6.07) is 11.6. The molecule has 11 heteroatoms. The Balaban J connectivity index is 1.54. The monoisotopic (exact) mass is 456 g/mol. The van der Waals surface area contributed by atoms with Crippen LogP contribution in [0.4, 0.5) is 23.0 Å². The van der Waals surface area contributed by atoms with Crippen molar-refractivity contribution in [1.82, 2.24) is 15.3 Å². The van der Waals surface area contributed by atoms with E-state index in [1.807, 2.05) is 18.2 Å². The van der Waals surface area contributed by atoms with E-state index in [4.69, 9.17) is 21.1 Å². The molecule has 1 aliphatic heterocycles. The molecular formula is C21H21ClN6O4. The molecule has 0 spiro atoms. The van der Waals surface area contributed by atoms with Gasteiger partial charge in [-0.3, -0.25) is 10.1 Å². The van der Waals surface area contributed by atoms with Gasteiger partial charge in [-0.1, -0.05) is 17.7 Å². The minimum atomic E-state index is -0.502. The molecule has 2 N–H and O–H groups in total. The van der Waals surface area contributed by atoms with Crippen LogP contribution < -0.4 is 25.0 Å². The molecule has 0 unspecified atom stereocenters. The fourth-order valence-electron chi connectivity index (χ4n) is 3.28. The van der Waals surface area contributed by atoms with Crippen LogP contribution in [0, 0.1) is 10.1 Å². The van der Waals surface area contributed by atoms with Gasteiger partial charge in [-0.15, -0.1) is 0 Å². The molecule has 2 aromatic carbocycles. The standard InChI is InChI=1S/C21H21ClN6O4/c1-31-19-12-14(27-9-7-23-8-10-27)5-6-18(19)25-21-24-13-17(22)20(26-21)32-16-4-2-3-15(11-16)28(29)30/h2-6,11-13,23H,7-10H2,1H3,(H,24,25,26). The van der Waals surface area contributed by atoms with E-state index >= 15 is 0 Å². The van der Waals surface area contributed by atoms with E-state index in [9.17, 15) is 10.1 Å². The summed E-state index contributed by atoms with van der Waals surface area (Å²) in [6.45, 7) is 3.73. The lowest BCUT2D eigenvalue weighted by atomic mass is 10.2. The van der Waals surface area contributed by atoms with Crippen LogP contribution in [0.5, 0.6) is 17.4 Å². The molecule has 2 heterocycles. The normalized spacial score (nSPS) is 13.5. The molecule has 0 atom stereocenters. The summed E-state index contributed by atoms with van der Waals surface area (Å²) in [5, 5.41) is 17.6. The van der Waals surface area contributed by atoms with E-state index in [1.165, 1.54) is 24.4 Å². The van der Waals surface area contributed by atoms with Gasteiger partial charge in [0.1, 0.15) is 16.5 Å². The van der Waals surface area contributed by atoms with Crippen molar-refractivity contribution in [3.8, 4) is 17.4 Å². The van der Waals surface area contributed by atoms with Gasteiger partial charge in [0, 0.05) is 44.0 Å². The zero-order chi connectivity index (χ0) is 22.5. The number of piperazine rings is 1. The van der Waals surface area contributed by atoms with E-state index in [0.717, 1.165) is 31.9 Å². The number of rotatable bonds is 7. The quantitative estimate of drug-likeness (QED) is 0.402. The highest BCUT2D eigenvalue weighted by atomic mass is 35.5. The van der Waals surface area contributed by atoms with Crippen LogP contribution in [0.3, 0.4) is 0 Å². The van der Waals surface area contributed by atoms with Gasteiger partial charge in [0.25, 0.3) is 5.69 Å².